The van der Waals surface area contributed by atoms with Gasteiger partial charge in [0.2, 0.25) is 0 Å². The Morgan fingerprint density at radius 1 is 1.45 bits per heavy atom. The average Bonchev–Trinajstić information content (AvgIpc) is 2.38. The molecule has 22 heavy (non-hydrogen) atoms. The molecule has 1 unspecified atom stereocenters. The van der Waals surface area contributed by atoms with Crippen LogP contribution in [0, 0.1) is 17.0 Å². The van der Waals surface area contributed by atoms with Gasteiger partial charge in [0.05, 0.1) is 4.92 Å². The van der Waals surface area contributed by atoms with Crippen molar-refractivity contribution in [3.63, 3.8) is 0 Å². The minimum absolute atomic E-state index is 0.0105. The predicted molar refractivity (Wildman–Crippen MR) is 83.9 cm³/mol. The summed E-state index contributed by atoms with van der Waals surface area (Å²) in [6.45, 7) is 7.70. The van der Waals surface area contributed by atoms with Crippen LogP contribution in [0.4, 0.5) is 10.5 Å². The number of benzene rings is 1. The molecule has 0 aliphatic carbocycles. The molecule has 0 aromatic heterocycles. The number of carbonyl (C=O) groups excluding carboxylic acids is 1. The van der Waals surface area contributed by atoms with Crippen molar-refractivity contribution >= 4 is 11.8 Å². The first-order valence-electron chi connectivity index (χ1n) is 7.06. The number of nitro benzene ring substituents is 1. The highest BCUT2D eigenvalue weighted by molar-refractivity contribution is 5.67. The van der Waals surface area contributed by atoms with Crippen molar-refractivity contribution in [1.82, 2.24) is 5.32 Å². The number of carbonyl (C=O) groups is 1. The lowest BCUT2D eigenvalue weighted by Crippen LogP contribution is -2.36. The van der Waals surface area contributed by atoms with E-state index in [0.717, 1.165) is 11.1 Å². The molecule has 1 amide bonds. The van der Waals surface area contributed by atoms with Crippen molar-refractivity contribution < 1.29 is 14.5 Å². The molecule has 3 N–H and O–H groups in total. The summed E-state index contributed by atoms with van der Waals surface area (Å²) in [4.78, 5) is 22.1. The Labute approximate surface area is 130 Å². The van der Waals surface area contributed by atoms with E-state index in [4.69, 9.17) is 10.5 Å². The molecule has 1 aromatic rings. The number of hydrogen-bond donors (Lipinski definition) is 2. The summed E-state index contributed by atoms with van der Waals surface area (Å²) in [7, 11) is 0. The van der Waals surface area contributed by atoms with E-state index in [1.807, 2.05) is 6.92 Å². The van der Waals surface area contributed by atoms with Gasteiger partial charge in [0.25, 0.3) is 5.69 Å². The monoisotopic (exact) mass is 309 g/mol. The fourth-order valence-electron chi connectivity index (χ4n) is 2.02. The molecule has 7 nitrogen and oxygen atoms in total. The van der Waals surface area contributed by atoms with Gasteiger partial charge in [0, 0.05) is 31.1 Å². The Kier molecular flexibility index (Phi) is 5.87. The number of aryl methyl sites for hydroxylation is 1. The van der Waals surface area contributed by atoms with Crippen LogP contribution in [0.1, 0.15) is 37.8 Å². The number of rotatable bonds is 5. The molecule has 0 spiro atoms. The number of nitro groups is 1. The van der Waals surface area contributed by atoms with E-state index in [2.05, 4.69) is 5.32 Å². The van der Waals surface area contributed by atoms with Crippen LogP contribution in [0.3, 0.4) is 0 Å². The third-order valence-corrected chi connectivity index (χ3v) is 3.09. The van der Waals surface area contributed by atoms with Gasteiger partial charge in [-0.3, -0.25) is 10.1 Å². The number of nitrogens with one attached hydrogen (secondary N) is 1. The molecule has 0 aliphatic rings. The van der Waals surface area contributed by atoms with Crippen LogP contribution in [0.15, 0.2) is 18.2 Å². The first-order valence-corrected chi connectivity index (χ1v) is 7.06. The molecule has 0 fully saturated rings. The van der Waals surface area contributed by atoms with Gasteiger partial charge in [-0.1, -0.05) is 6.07 Å². The fraction of sp³-hybridized carbons (Fsp3) is 0.533. The first kappa shape index (κ1) is 17.9. The molecule has 1 atom stereocenters. The highest BCUT2D eigenvalue weighted by Gasteiger charge is 2.20. The molecule has 0 aliphatic heterocycles. The maximum atomic E-state index is 11.7. The van der Waals surface area contributed by atoms with E-state index in [-0.39, 0.29) is 24.7 Å². The van der Waals surface area contributed by atoms with E-state index in [1.165, 1.54) is 12.1 Å². The van der Waals surface area contributed by atoms with Crippen molar-refractivity contribution in [3.8, 4) is 0 Å². The third kappa shape index (κ3) is 5.33. The number of hydrogen-bond acceptors (Lipinski definition) is 5. The van der Waals surface area contributed by atoms with Crippen molar-refractivity contribution in [1.29, 1.82) is 0 Å². The van der Waals surface area contributed by atoms with Gasteiger partial charge in [-0.05, 0) is 38.8 Å². The van der Waals surface area contributed by atoms with Gasteiger partial charge in [-0.2, -0.15) is 0 Å². The molecule has 0 radical (unpaired) electrons. The fourth-order valence-corrected chi connectivity index (χ4v) is 2.02. The Morgan fingerprint density at radius 2 is 2.09 bits per heavy atom. The lowest BCUT2D eigenvalue weighted by molar-refractivity contribution is -0.384. The van der Waals surface area contributed by atoms with E-state index >= 15 is 0 Å². The topological polar surface area (TPSA) is 107 Å². The molecule has 1 aromatic carbocycles. The van der Waals surface area contributed by atoms with E-state index in [1.54, 1.807) is 26.8 Å². The highest BCUT2D eigenvalue weighted by atomic mass is 16.6. The number of nitrogens with zero attached hydrogens (tertiary/aromatic N) is 1. The lowest BCUT2D eigenvalue weighted by atomic mass is 9.94. The standard InChI is InChI=1S/C15H23N3O4/c1-10-5-6-12(18(20)21)7-13(10)11(8-16)9-17-14(19)22-15(2,3)4/h5-7,11H,8-9,16H2,1-4H3,(H,17,19). The van der Waals surface area contributed by atoms with Gasteiger partial charge in [0.15, 0.2) is 0 Å². The van der Waals surface area contributed by atoms with Gasteiger partial charge >= 0.3 is 6.09 Å². The smallest absolute Gasteiger partial charge is 0.407 e. The van der Waals surface area contributed by atoms with E-state index < -0.39 is 16.6 Å². The number of amides is 1. The Bertz CT molecular complexity index is 552. The van der Waals surface area contributed by atoms with Crippen LogP contribution in [0.5, 0.6) is 0 Å². The second kappa shape index (κ2) is 7.22. The molecule has 0 saturated carbocycles. The SMILES string of the molecule is Cc1ccc([N+](=O)[O-])cc1C(CN)CNC(=O)OC(C)(C)C. The minimum Gasteiger partial charge on any atom is -0.444 e. The summed E-state index contributed by atoms with van der Waals surface area (Å²) >= 11 is 0. The van der Waals surface area contributed by atoms with Gasteiger partial charge < -0.3 is 15.8 Å². The first-order chi connectivity index (χ1) is 10.1. The number of non-ortho nitro benzene ring substituents is 1. The van der Waals surface area contributed by atoms with Crippen LogP contribution in [0.2, 0.25) is 0 Å². The Balaban J connectivity index is 2.82. The molecule has 7 heteroatoms. The summed E-state index contributed by atoms with van der Waals surface area (Å²) < 4.78 is 5.16. The van der Waals surface area contributed by atoms with E-state index in [9.17, 15) is 14.9 Å². The predicted octanol–water partition coefficient (Wildman–Crippen LogP) is 2.47. The zero-order chi connectivity index (χ0) is 16.9. The second-order valence-corrected chi connectivity index (χ2v) is 6.11. The quantitative estimate of drug-likeness (QED) is 0.641. The van der Waals surface area contributed by atoms with E-state index in [0.29, 0.717) is 0 Å². The van der Waals surface area contributed by atoms with Crippen molar-refractivity contribution in [3.05, 3.63) is 39.4 Å². The van der Waals surface area contributed by atoms with Crippen LogP contribution >= 0.6 is 0 Å². The highest BCUT2D eigenvalue weighted by Crippen LogP contribution is 2.24. The minimum atomic E-state index is -0.580. The maximum Gasteiger partial charge on any atom is 0.407 e. The molecule has 0 saturated heterocycles. The molecule has 122 valence electrons. The molecule has 1 rings (SSSR count). The second-order valence-electron chi connectivity index (χ2n) is 6.11. The zero-order valence-electron chi connectivity index (χ0n) is 13.4. The summed E-state index contributed by atoms with van der Waals surface area (Å²) in [5, 5.41) is 13.5. The van der Waals surface area contributed by atoms with Crippen LogP contribution in [0.25, 0.3) is 0 Å². The number of nitrogens with two attached hydrogens (primary N) is 1. The normalized spacial score (nSPS) is 12.6. The van der Waals surface area contributed by atoms with Crippen LogP contribution < -0.4 is 11.1 Å². The van der Waals surface area contributed by atoms with Gasteiger partial charge in [-0.25, -0.2) is 4.79 Å². The Hall–Kier alpha value is -2.15. The van der Waals surface area contributed by atoms with Crippen molar-refractivity contribution in [2.24, 2.45) is 5.73 Å². The molecule has 0 bridgehead atoms. The number of alkyl carbamates (subject to hydrolysis) is 1. The zero-order valence-corrected chi connectivity index (χ0v) is 13.4. The molecular formula is C15H23N3O4. The Morgan fingerprint density at radius 3 is 2.59 bits per heavy atom. The largest absolute Gasteiger partial charge is 0.444 e. The summed E-state index contributed by atoms with van der Waals surface area (Å²) in [5.74, 6) is -0.215. The van der Waals surface area contributed by atoms with Gasteiger partial charge in [0.1, 0.15) is 5.60 Å². The van der Waals surface area contributed by atoms with Crippen molar-refractivity contribution in [2.75, 3.05) is 13.1 Å². The van der Waals surface area contributed by atoms with Crippen LogP contribution in [-0.2, 0) is 4.74 Å². The summed E-state index contributed by atoms with van der Waals surface area (Å²) in [6.07, 6.45) is -0.533. The number of ether oxygens (including phenoxy) is 1. The van der Waals surface area contributed by atoms with Crippen LogP contribution in [-0.4, -0.2) is 29.7 Å². The third-order valence-electron chi connectivity index (χ3n) is 3.09. The molecule has 0 heterocycles. The summed E-state index contributed by atoms with van der Waals surface area (Å²) in [6, 6.07) is 4.64. The maximum absolute atomic E-state index is 11.7. The lowest BCUT2D eigenvalue weighted by Gasteiger charge is -2.22. The van der Waals surface area contributed by atoms with Crippen molar-refractivity contribution in [2.45, 2.75) is 39.2 Å². The van der Waals surface area contributed by atoms with Gasteiger partial charge in [-0.15, -0.1) is 0 Å². The summed E-state index contributed by atoms with van der Waals surface area (Å²) in [5.41, 5.74) is 6.83. The molecular weight excluding hydrogens is 286 g/mol. The average molecular weight is 309 g/mol.